The lowest BCUT2D eigenvalue weighted by molar-refractivity contribution is -0.121. The molecule has 30 heavy (non-hydrogen) atoms. The lowest BCUT2D eigenvalue weighted by Crippen LogP contribution is -2.44. The molecule has 9 heteroatoms. The van der Waals surface area contributed by atoms with Crippen LogP contribution in [0.1, 0.15) is 29.6 Å². The lowest BCUT2D eigenvalue weighted by Gasteiger charge is -2.09. The van der Waals surface area contributed by atoms with Crippen LogP contribution in [-0.2, 0) is 17.6 Å². The molecule has 1 amide bonds. The number of rotatable bonds is 6. The van der Waals surface area contributed by atoms with Crippen LogP contribution in [-0.4, -0.2) is 26.8 Å². The van der Waals surface area contributed by atoms with Crippen LogP contribution in [0.4, 0.5) is 0 Å². The molecule has 7 nitrogen and oxygen atoms in total. The predicted octanol–water partition coefficient (Wildman–Crippen LogP) is 3.70. The second kappa shape index (κ2) is 7.46. The van der Waals surface area contributed by atoms with E-state index in [0.717, 1.165) is 39.2 Å². The first-order chi connectivity index (χ1) is 14.5. The van der Waals surface area contributed by atoms with Crippen molar-refractivity contribution in [2.24, 2.45) is 5.73 Å². The minimum Gasteiger partial charge on any atom is -0.424 e. The number of aromatic nitrogens is 3. The SMILES string of the molecule is NC1(NC(=O)Cc2nnc(Cc3nc4ccc(-c5ccc(Cl)cc5)cc4s3)o2)CC1. The van der Waals surface area contributed by atoms with E-state index in [9.17, 15) is 4.79 Å². The van der Waals surface area contributed by atoms with Gasteiger partial charge < -0.3 is 15.5 Å². The van der Waals surface area contributed by atoms with Gasteiger partial charge in [0.1, 0.15) is 11.4 Å². The van der Waals surface area contributed by atoms with Gasteiger partial charge in [0.05, 0.1) is 22.3 Å². The molecule has 0 bridgehead atoms. The van der Waals surface area contributed by atoms with Gasteiger partial charge in [0.15, 0.2) is 0 Å². The van der Waals surface area contributed by atoms with Gasteiger partial charge in [0.2, 0.25) is 17.7 Å². The molecule has 1 fully saturated rings. The zero-order chi connectivity index (χ0) is 20.7. The van der Waals surface area contributed by atoms with Crippen molar-refractivity contribution in [1.82, 2.24) is 20.5 Å². The second-order valence-corrected chi connectivity index (χ2v) is 9.00. The minimum absolute atomic E-state index is 0.0241. The number of carbonyl (C=O) groups excluding carboxylic acids is 1. The van der Waals surface area contributed by atoms with Gasteiger partial charge in [-0.1, -0.05) is 29.8 Å². The van der Waals surface area contributed by atoms with Gasteiger partial charge in [-0.25, -0.2) is 4.98 Å². The summed E-state index contributed by atoms with van der Waals surface area (Å²) in [5, 5.41) is 12.4. The van der Waals surface area contributed by atoms with E-state index < -0.39 is 5.66 Å². The zero-order valence-corrected chi connectivity index (χ0v) is 17.5. The van der Waals surface area contributed by atoms with Crippen molar-refractivity contribution in [2.75, 3.05) is 0 Å². The third-order valence-electron chi connectivity index (χ3n) is 4.91. The molecule has 152 valence electrons. The molecule has 2 aromatic heterocycles. The number of benzene rings is 2. The third-order valence-corrected chi connectivity index (χ3v) is 6.18. The van der Waals surface area contributed by atoms with Gasteiger partial charge in [-0.05, 0) is 48.2 Å². The highest BCUT2D eigenvalue weighted by Gasteiger charge is 2.39. The first-order valence-electron chi connectivity index (χ1n) is 9.52. The number of amides is 1. The molecule has 0 spiro atoms. The maximum absolute atomic E-state index is 12.0. The van der Waals surface area contributed by atoms with Crippen LogP contribution in [0, 0.1) is 0 Å². The van der Waals surface area contributed by atoms with E-state index in [1.165, 1.54) is 0 Å². The Morgan fingerprint density at radius 1 is 1.13 bits per heavy atom. The summed E-state index contributed by atoms with van der Waals surface area (Å²) in [6.07, 6.45) is 2.04. The summed E-state index contributed by atoms with van der Waals surface area (Å²) in [6.45, 7) is 0. The lowest BCUT2D eigenvalue weighted by atomic mass is 10.1. The summed E-state index contributed by atoms with van der Waals surface area (Å²) in [5.74, 6) is 0.501. The van der Waals surface area contributed by atoms with E-state index in [-0.39, 0.29) is 18.2 Å². The van der Waals surface area contributed by atoms with E-state index >= 15 is 0 Å². The highest BCUT2D eigenvalue weighted by molar-refractivity contribution is 7.18. The van der Waals surface area contributed by atoms with E-state index in [2.05, 4.69) is 26.6 Å². The number of hydrogen-bond donors (Lipinski definition) is 2. The molecule has 0 aliphatic heterocycles. The number of carbonyl (C=O) groups is 1. The first kappa shape index (κ1) is 19.2. The fourth-order valence-corrected chi connectivity index (χ4v) is 4.27. The molecule has 0 atom stereocenters. The van der Waals surface area contributed by atoms with Crippen molar-refractivity contribution < 1.29 is 9.21 Å². The molecule has 0 radical (unpaired) electrons. The van der Waals surface area contributed by atoms with E-state index in [1.54, 1.807) is 11.3 Å². The van der Waals surface area contributed by atoms with Gasteiger partial charge >= 0.3 is 0 Å². The number of thiazole rings is 1. The van der Waals surface area contributed by atoms with Crippen LogP contribution >= 0.6 is 22.9 Å². The molecule has 0 saturated heterocycles. The van der Waals surface area contributed by atoms with E-state index in [0.29, 0.717) is 17.3 Å². The zero-order valence-electron chi connectivity index (χ0n) is 15.9. The molecule has 5 rings (SSSR count). The molecular weight excluding hydrogens is 422 g/mol. The maximum Gasteiger partial charge on any atom is 0.230 e. The summed E-state index contributed by atoms with van der Waals surface area (Å²) in [5.41, 5.74) is 8.46. The minimum atomic E-state index is -0.550. The summed E-state index contributed by atoms with van der Waals surface area (Å²) < 4.78 is 6.70. The second-order valence-electron chi connectivity index (χ2n) is 7.44. The van der Waals surface area contributed by atoms with Gasteiger partial charge in [0.25, 0.3) is 0 Å². The Kier molecular flexibility index (Phi) is 4.77. The Balaban J connectivity index is 1.29. The quantitative estimate of drug-likeness (QED) is 0.443. The first-order valence-corrected chi connectivity index (χ1v) is 10.7. The monoisotopic (exact) mass is 439 g/mol. The number of halogens is 1. The van der Waals surface area contributed by atoms with Gasteiger partial charge in [-0.2, -0.15) is 0 Å². The fourth-order valence-electron chi connectivity index (χ4n) is 3.15. The Hall–Kier alpha value is -2.81. The van der Waals surface area contributed by atoms with Crippen LogP contribution in [0.15, 0.2) is 46.9 Å². The summed E-state index contributed by atoms with van der Waals surface area (Å²) in [4.78, 5) is 16.6. The molecule has 3 N–H and O–H groups in total. The van der Waals surface area contributed by atoms with Crippen molar-refractivity contribution in [2.45, 2.75) is 31.3 Å². The molecule has 0 unspecified atom stereocenters. The van der Waals surface area contributed by atoms with Crippen LogP contribution < -0.4 is 11.1 Å². The summed E-state index contributed by atoms with van der Waals surface area (Å²) in [6, 6.07) is 13.9. The van der Waals surface area contributed by atoms with Crippen molar-refractivity contribution in [3.63, 3.8) is 0 Å². The Labute approximate surface area is 181 Å². The van der Waals surface area contributed by atoms with Crippen LogP contribution in [0.25, 0.3) is 21.3 Å². The number of hydrogen-bond acceptors (Lipinski definition) is 7. The van der Waals surface area contributed by atoms with Crippen LogP contribution in [0.2, 0.25) is 5.02 Å². The van der Waals surface area contributed by atoms with Crippen molar-refractivity contribution >= 4 is 39.1 Å². The molecular formula is C21H18ClN5O2S. The molecule has 4 aromatic rings. The van der Waals surface area contributed by atoms with Crippen molar-refractivity contribution in [3.05, 3.63) is 64.3 Å². The number of nitrogens with two attached hydrogens (primary N) is 1. The van der Waals surface area contributed by atoms with E-state index in [4.69, 9.17) is 21.8 Å². The molecule has 1 aliphatic carbocycles. The Bertz CT molecular complexity index is 1230. The van der Waals surface area contributed by atoms with Crippen LogP contribution in [0.5, 0.6) is 0 Å². The third kappa shape index (κ3) is 4.21. The molecule has 1 saturated carbocycles. The molecule has 1 aliphatic rings. The number of nitrogens with one attached hydrogen (secondary N) is 1. The molecule has 2 heterocycles. The van der Waals surface area contributed by atoms with Crippen molar-refractivity contribution in [3.8, 4) is 11.1 Å². The maximum atomic E-state index is 12.0. The summed E-state index contributed by atoms with van der Waals surface area (Å²) >= 11 is 7.56. The molecule has 2 aromatic carbocycles. The van der Waals surface area contributed by atoms with Gasteiger partial charge in [0, 0.05) is 5.02 Å². The average molecular weight is 440 g/mol. The topological polar surface area (TPSA) is 107 Å². The van der Waals surface area contributed by atoms with Crippen molar-refractivity contribution in [1.29, 1.82) is 0 Å². The highest BCUT2D eigenvalue weighted by atomic mass is 35.5. The Morgan fingerprint density at radius 2 is 1.87 bits per heavy atom. The number of fused-ring (bicyclic) bond motifs is 1. The summed E-state index contributed by atoms with van der Waals surface area (Å²) in [7, 11) is 0. The average Bonchev–Trinajstić information content (AvgIpc) is 3.10. The van der Waals surface area contributed by atoms with Gasteiger partial charge in [-0.15, -0.1) is 21.5 Å². The smallest absolute Gasteiger partial charge is 0.230 e. The largest absolute Gasteiger partial charge is 0.424 e. The Morgan fingerprint density at radius 3 is 2.63 bits per heavy atom. The van der Waals surface area contributed by atoms with E-state index in [1.807, 2.05) is 36.4 Å². The van der Waals surface area contributed by atoms with Crippen LogP contribution in [0.3, 0.4) is 0 Å². The number of nitrogens with zero attached hydrogens (tertiary/aromatic N) is 3. The highest BCUT2D eigenvalue weighted by Crippen LogP contribution is 2.30. The standard InChI is InChI=1S/C21H18ClN5O2S/c22-14-4-1-12(2-5-14)13-3-6-15-16(9-13)30-20(24-15)11-19-27-26-18(29-19)10-17(28)25-21(23)7-8-21/h1-6,9H,7-8,10-11,23H2,(H,25,28). The normalized spacial score (nSPS) is 14.7. The predicted molar refractivity (Wildman–Crippen MR) is 115 cm³/mol. The van der Waals surface area contributed by atoms with Gasteiger partial charge in [-0.3, -0.25) is 4.79 Å². The fraction of sp³-hybridized carbons (Fsp3) is 0.238.